The number of amides is 2. The minimum Gasteiger partial charge on any atom is -0.496 e. The molecule has 5 nitrogen and oxygen atoms in total. The molecule has 1 N–H and O–H groups in total. The Balaban J connectivity index is 2.50. The fourth-order valence-electron chi connectivity index (χ4n) is 2.37. The highest BCUT2D eigenvalue weighted by atomic mass is 32.1. The Hall–Kier alpha value is -2.47. The molecule has 0 unspecified atom stereocenters. The molecule has 2 rings (SSSR count). The molecule has 0 aliphatic carbocycles. The number of carbonyl (C=O) groups is 2. The van der Waals surface area contributed by atoms with Gasteiger partial charge in [-0.1, -0.05) is 26.0 Å². The third-order valence-corrected chi connectivity index (χ3v) is 4.04. The van der Waals surface area contributed by atoms with Gasteiger partial charge in [-0.15, -0.1) is 6.58 Å². The second-order valence-corrected chi connectivity index (χ2v) is 6.06. The standard InChI is InChI=1S/C18H20N2O3S/c1-5-8-20-17(22)14(16(21)19-18(20)24)10-13-9-12(11(2)3)6-7-15(13)23-4/h5-7,9-11H,1,8H2,2-4H3,(H,19,21,24)/b14-10+. The molecule has 0 saturated carbocycles. The number of rotatable bonds is 5. The van der Waals surface area contributed by atoms with Crippen LogP contribution in [0.2, 0.25) is 0 Å². The van der Waals surface area contributed by atoms with Crippen molar-refractivity contribution in [3.8, 4) is 5.75 Å². The zero-order valence-corrected chi connectivity index (χ0v) is 14.8. The van der Waals surface area contributed by atoms with Gasteiger partial charge in [0.25, 0.3) is 11.8 Å². The molecule has 24 heavy (non-hydrogen) atoms. The van der Waals surface area contributed by atoms with Gasteiger partial charge in [0.05, 0.1) is 7.11 Å². The Bertz CT molecular complexity index is 738. The van der Waals surface area contributed by atoms with Gasteiger partial charge >= 0.3 is 0 Å². The van der Waals surface area contributed by atoms with Gasteiger partial charge in [0.1, 0.15) is 11.3 Å². The quantitative estimate of drug-likeness (QED) is 0.386. The summed E-state index contributed by atoms with van der Waals surface area (Å²) in [6.07, 6.45) is 3.10. The van der Waals surface area contributed by atoms with Crippen LogP contribution in [-0.2, 0) is 9.59 Å². The van der Waals surface area contributed by atoms with Crippen LogP contribution >= 0.6 is 12.2 Å². The Morgan fingerprint density at radius 3 is 2.67 bits per heavy atom. The van der Waals surface area contributed by atoms with E-state index < -0.39 is 11.8 Å². The molecule has 1 fully saturated rings. The zero-order chi connectivity index (χ0) is 17.9. The first-order valence-electron chi connectivity index (χ1n) is 7.56. The molecule has 6 heteroatoms. The van der Waals surface area contributed by atoms with Crippen LogP contribution < -0.4 is 10.1 Å². The van der Waals surface area contributed by atoms with Crippen molar-refractivity contribution in [2.24, 2.45) is 0 Å². The van der Waals surface area contributed by atoms with Gasteiger partial charge in [0.15, 0.2) is 5.11 Å². The highest BCUT2D eigenvalue weighted by molar-refractivity contribution is 7.80. The second kappa shape index (κ2) is 7.40. The molecule has 0 radical (unpaired) electrons. The van der Waals surface area contributed by atoms with Crippen molar-refractivity contribution in [3.05, 3.63) is 47.6 Å². The molecule has 1 aliphatic rings. The number of hydrogen-bond donors (Lipinski definition) is 1. The van der Waals surface area contributed by atoms with E-state index in [0.29, 0.717) is 17.2 Å². The third kappa shape index (κ3) is 3.54. The number of nitrogens with one attached hydrogen (secondary N) is 1. The highest BCUT2D eigenvalue weighted by Gasteiger charge is 2.32. The van der Waals surface area contributed by atoms with E-state index in [9.17, 15) is 9.59 Å². The van der Waals surface area contributed by atoms with Crippen molar-refractivity contribution < 1.29 is 14.3 Å². The number of ether oxygens (including phenoxy) is 1. The monoisotopic (exact) mass is 344 g/mol. The topological polar surface area (TPSA) is 58.6 Å². The summed E-state index contributed by atoms with van der Waals surface area (Å²) in [6.45, 7) is 7.98. The zero-order valence-electron chi connectivity index (χ0n) is 14.0. The number of nitrogens with zero attached hydrogens (tertiary/aromatic N) is 1. The van der Waals surface area contributed by atoms with Gasteiger partial charge in [0.2, 0.25) is 0 Å². The smallest absolute Gasteiger partial charge is 0.265 e. The lowest BCUT2D eigenvalue weighted by atomic mass is 9.98. The highest BCUT2D eigenvalue weighted by Crippen LogP contribution is 2.27. The van der Waals surface area contributed by atoms with E-state index in [1.807, 2.05) is 18.2 Å². The summed E-state index contributed by atoms with van der Waals surface area (Å²) in [4.78, 5) is 26.1. The molecule has 1 aliphatic heterocycles. The van der Waals surface area contributed by atoms with Crippen molar-refractivity contribution in [2.45, 2.75) is 19.8 Å². The van der Waals surface area contributed by atoms with E-state index in [2.05, 4.69) is 25.7 Å². The molecule has 2 amide bonds. The number of carbonyl (C=O) groups excluding carboxylic acids is 2. The summed E-state index contributed by atoms with van der Waals surface area (Å²) in [5.41, 5.74) is 1.78. The Kier molecular flexibility index (Phi) is 5.51. The Morgan fingerprint density at radius 2 is 2.08 bits per heavy atom. The van der Waals surface area contributed by atoms with Gasteiger partial charge in [-0.3, -0.25) is 19.8 Å². The summed E-state index contributed by atoms with van der Waals surface area (Å²) in [7, 11) is 1.55. The minimum absolute atomic E-state index is 0.0182. The number of thiocarbonyl (C=S) groups is 1. The van der Waals surface area contributed by atoms with Crippen LogP contribution in [0.25, 0.3) is 6.08 Å². The lowest BCUT2D eigenvalue weighted by molar-refractivity contribution is -0.128. The Morgan fingerprint density at radius 1 is 1.38 bits per heavy atom. The Labute approximate surface area is 147 Å². The van der Waals surface area contributed by atoms with Crippen LogP contribution in [0.5, 0.6) is 5.75 Å². The van der Waals surface area contributed by atoms with Crippen LogP contribution in [0.1, 0.15) is 30.9 Å². The first-order chi connectivity index (χ1) is 11.4. The van der Waals surface area contributed by atoms with E-state index in [1.165, 1.54) is 4.90 Å². The molecular weight excluding hydrogens is 324 g/mol. The van der Waals surface area contributed by atoms with E-state index in [1.54, 1.807) is 19.3 Å². The van der Waals surface area contributed by atoms with E-state index in [-0.39, 0.29) is 17.2 Å². The fourth-order valence-corrected chi connectivity index (χ4v) is 2.62. The summed E-state index contributed by atoms with van der Waals surface area (Å²) in [5.74, 6) is -0.0485. The van der Waals surface area contributed by atoms with Crippen molar-refractivity contribution in [3.63, 3.8) is 0 Å². The van der Waals surface area contributed by atoms with Crippen molar-refractivity contribution in [1.29, 1.82) is 0 Å². The fraction of sp³-hybridized carbons (Fsp3) is 0.278. The second-order valence-electron chi connectivity index (χ2n) is 5.68. The van der Waals surface area contributed by atoms with Gasteiger partial charge in [-0.25, -0.2) is 0 Å². The maximum absolute atomic E-state index is 12.6. The average Bonchev–Trinajstić information content (AvgIpc) is 2.55. The molecule has 1 saturated heterocycles. The lowest BCUT2D eigenvalue weighted by Crippen LogP contribution is -2.53. The van der Waals surface area contributed by atoms with Gasteiger partial charge < -0.3 is 4.74 Å². The van der Waals surface area contributed by atoms with Crippen LogP contribution in [0.4, 0.5) is 0 Å². The van der Waals surface area contributed by atoms with Crippen molar-refractivity contribution in [1.82, 2.24) is 10.2 Å². The SMILES string of the molecule is C=CCN1C(=O)/C(=C/c2cc(C(C)C)ccc2OC)C(=O)NC1=S. The van der Waals surface area contributed by atoms with Crippen LogP contribution in [0, 0.1) is 0 Å². The average molecular weight is 344 g/mol. The van der Waals surface area contributed by atoms with Crippen molar-refractivity contribution >= 4 is 35.2 Å². The normalized spacial score (nSPS) is 16.6. The molecular formula is C18H20N2O3S. The van der Waals surface area contributed by atoms with E-state index in [4.69, 9.17) is 17.0 Å². The summed E-state index contributed by atoms with van der Waals surface area (Å²) < 4.78 is 5.34. The molecule has 0 aromatic heterocycles. The summed E-state index contributed by atoms with van der Waals surface area (Å²) >= 11 is 5.04. The van der Waals surface area contributed by atoms with E-state index in [0.717, 1.165) is 5.56 Å². The van der Waals surface area contributed by atoms with Crippen LogP contribution in [-0.4, -0.2) is 35.5 Å². The van der Waals surface area contributed by atoms with E-state index >= 15 is 0 Å². The molecule has 0 bridgehead atoms. The number of hydrogen-bond acceptors (Lipinski definition) is 4. The maximum Gasteiger partial charge on any atom is 0.265 e. The predicted molar refractivity (Wildman–Crippen MR) is 97.7 cm³/mol. The minimum atomic E-state index is -0.512. The number of benzene rings is 1. The van der Waals surface area contributed by atoms with Gasteiger partial charge in [-0.2, -0.15) is 0 Å². The molecule has 1 aromatic carbocycles. The van der Waals surface area contributed by atoms with Crippen LogP contribution in [0.3, 0.4) is 0 Å². The number of methoxy groups -OCH3 is 1. The predicted octanol–water partition coefficient (Wildman–Crippen LogP) is 2.63. The molecule has 1 aromatic rings. The van der Waals surface area contributed by atoms with Crippen molar-refractivity contribution in [2.75, 3.05) is 13.7 Å². The van der Waals surface area contributed by atoms with Gasteiger partial charge in [-0.05, 0) is 41.9 Å². The maximum atomic E-state index is 12.6. The summed E-state index contributed by atoms with van der Waals surface area (Å²) in [5, 5.41) is 2.62. The molecule has 0 spiro atoms. The van der Waals surface area contributed by atoms with Gasteiger partial charge in [0, 0.05) is 12.1 Å². The third-order valence-electron chi connectivity index (χ3n) is 3.72. The first-order valence-corrected chi connectivity index (χ1v) is 7.97. The molecule has 1 heterocycles. The largest absolute Gasteiger partial charge is 0.496 e. The molecule has 126 valence electrons. The van der Waals surface area contributed by atoms with Crippen LogP contribution in [0.15, 0.2) is 36.4 Å². The lowest BCUT2D eigenvalue weighted by Gasteiger charge is -2.27. The molecule has 0 atom stereocenters. The first kappa shape index (κ1) is 17.9. The summed E-state index contributed by atoms with van der Waals surface area (Å²) in [6, 6.07) is 5.72.